The number of nitrogens with zero attached hydrogens (tertiary/aromatic N) is 1. The fourth-order valence-corrected chi connectivity index (χ4v) is 2.76. The Kier molecular flexibility index (Phi) is 4.52. The summed E-state index contributed by atoms with van der Waals surface area (Å²) < 4.78 is 5.88. The minimum absolute atomic E-state index is 0.182. The molecular formula is C19H19N3O3. The first-order chi connectivity index (χ1) is 12.0. The molecule has 128 valence electrons. The van der Waals surface area contributed by atoms with E-state index in [1.165, 1.54) is 7.05 Å². The summed E-state index contributed by atoms with van der Waals surface area (Å²) in [7, 11) is 1.52. The number of hydrogen-bond acceptors (Lipinski definition) is 4. The summed E-state index contributed by atoms with van der Waals surface area (Å²) in [5, 5.41) is 6.39. The number of para-hydroxylation sites is 1. The van der Waals surface area contributed by atoms with E-state index in [4.69, 9.17) is 4.42 Å². The lowest BCUT2D eigenvalue weighted by molar-refractivity contribution is 0.0930. The summed E-state index contributed by atoms with van der Waals surface area (Å²) >= 11 is 0. The lowest BCUT2D eigenvalue weighted by Gasteiger charge is -2.12. The van der Waals surface area contributed by atoms with Crippen LogP contribution in [-0.4, -0.2) is 23.8 Å². The number of pyridine rings is 1. The number of furan rings is 1. The lowest BCUT2D eigenvalue weighted by Crippen LogP contribution is -2.28. The molecule has 0 spiro atoms. The van der Waals surface area contributed by atoms with Gasteiger partial charge in [-0.3, -0.25) is 9.59 Å². The van der Waals surface area contributed by atoms with E-state index < -0.39 is 0 Å². The molecule has 0 aliphatic carbocycles. The van der Waals surface area contributed by atoms with Gasteiger partial charge in [0.1, 0.15) is 22.7 Å². The zero-order valence-electron chi connectivity index (χ0n) is 14.3. The Morgan fingerprint density at radius 3 is 2.40 bits per heavy atom. The van der Waals surface area contributed by atoms with Crippen molar-refractivity contribution in [2.45, 2.75) is 19.9 Å². The number of carbonyl (C=O) groups excluding carboxylic acids is 2. The van der Waals surface area contributed by atoms with Gasteiger partial charge in [0, 0.05) is 18.0 Å². The summed E-state index contributed by atoms with van der Waals surface area (Å²) in [5.41, 5.74) is 2.16. The van der Waals surface area contributed by atoms with Gasteiger partial charge in [-0.05, 0) is 32.0 Å². The van der Waals surface area contributed by atoms with Gasteiger partial charge >= 0.3 is 0 Å². The molecule has 2 amide bonds. The highest BCUT2D eigenvalue weighted by atomic mass is 16.3. The maximum atomic E-state index is 12.5. The third kappa shape index (κ3) is 3.24. The van der Waals surface area contributed by atoms with Crippen LogP contribution in [0.4, 0.5) is 0 Å². The molecule has 6 heteroatoms. The largest absolute Gasteiger partial charge is 0.459 e. The molecule has 2 aromatic heterocycles. The van der Waals surface area contributed by atoms with Crippen molar-refractivity contribution in [1.29, 1.82) is 0 Å². The van der Waals surface area contributed by atoms with Crippen molar-refractivity contribution < 1.29 is 14.0 Å². The third-order valence-electron chi connectivity index (χ3n) is 4.06. The van der Waals surface area contributed by atoms with Crippen molar-refractivity contribution in [1.82, 2.24) is 15.6 Å². The number of hydrogen-bond donors (Lipinski definition) is 2. The van der Waals surface area contributed by atoms with Crippen LogP contribution in [0.1, 0.15) is 45.3 Å². The first-order valence-corrected chi connectivity index (χ1v) is 7.99. The molecule has 0 radical (unpaired) electrons. The molecule has 1 atom stereocenters. The van der Waals surface area contributed by atoms with Crippen LogP contribution in [0.25, 0.3) is 11.0 Å². The van der Waals surface area contributed by atoms with Gasteiger partial charge in [0.2, 0.25) is 0 Å². The van der Waals surface area contributed by atoms with Gasteiger partial charge < -0.3 is 15.1 Å². The molecule has 0 fully saturated rings. The van der Waals surface area contributed by atoms with Gasteiger partial charge in [0.15, 0.2) is 0 Å². The van der Waals surface area contributed by atoms with Crippen LogP contribution in [0, 0.1) is 6.92 Å². The van der Waals surface area contributed by atoms with Gasteiger partial charge in [-0.25, -0.2) is 4.98 Å². The molecule has 6 nitrogen and oxygen atoms in total. The second-order valence-electron chi connectivity index (χ2n) is 5.77. The van der Waals surface area contributed by atoms with Crippen molar-refractivity contribution >= 4 is 22.8 Å². The monoisotopic (exact) mass is 337 g/mol. The minimum atomic E-state index is -0.363. The topological polar surface area (TPSA) is 84.2 Å². The molecule has 0 unspecified atom stereocenters. The Labute approximate surface area is 145 Å². The highest BCUT2D eigenvalue weighted by Gasteiger charge is 2.20. The Balaban J connectivity index is 1.82. The van der Waals surface area contributed by atoms with Crippen LogP contribution in [-0.2, 0) is 0 Å². The molecule has 1 aromatic carbocycles. The van der Waals surface area contributed by atoms with Gasteiger partial charge in [-0.15, -0.1) is 0 Å². The molecule has 0 aliphatic heterocycles. The molecule has 3 rings (SSSR count). The fraction of sp³-hybridized carbons (Fsp3) is 0.211. The van der Waals surface area contributed by atoms with E-state index in [0.717, 1.165) is 16.5 Å². The highest BCUT2D eigenvalue weighted by molar-refractivity contribution is 5.96. The average Bonchev–Trinajstić information content (AvgIpc) is 2.98. The van der Waals surface area contributed by atoms with Gasteiger partial charge in [0.05, 0.1) is 6.04 Å². The number of aryl methyl sites for hydroxylation is 1. The smallest absolute Gasteiger partial charge is 0.270 e. The van der Waals surface area contributed by atoms with Crippen molar-refractivity contribution in [2.24, 2.45) is 0 Å². The maximum Gasteiger partial charge on any atom is 0.270 e. The molecule has 0 saturated heterocycles. The fourth-order valence-electron chi connectivity index (χ4n) is 2.76. The van der Waals surface area contributed by atoms with Gasteiger partial charge in [0.25, 0.3) is 11.8 Å². The molecule has 3 aromatic rings. The molecular weight excluding hydrogens is 318 g/mol. The van der Waals surface area contributed by atoms with E-state index in [0.29, 0.717) is 5.76 Å². The quantitative estimate of drug-likeness (QED) is 0.766. The molecule has 0 bridgehead atoms. The summed E-state index contributed by atoms with van der Waals surface area (Å²) in [5.74, 6) is 0.00550. The van der Waals surface area contributed by atoms with Crippen LogP contribution in [0.3, 0.4) is 0 Å². The first kappa shape index (κ1) is 16.7. The average molecular weight is 337 g/mol. The van der Waals surface area contributed by atoms with Crippen LogP contribution in [0.5, 0.6) is 0 Å². The summed E-state index contributed by atoms with van der Waals surface area (Å²) in [6.45, 7) is 3.82. The standard InChI is InChI=1S/C19H19N3O3/c1-11-13-7-4-5-10-16(13)25-17(11)12(2)21-19(24)15-9-6-8-14(22-15)18(23)20-3/h4-10,12H,1-3H3,(H,20,23)(H,21,24)/t12-/m1/s1. The second kappa shape index (κ2) is 6.76. The van der Waals surface area contributed by atoms with E-state index in [1.807, 2.05) is 38.1 Å². The van der Waals surface area contributed by atoms with Crippen LogP contribution in [0.15, 0.2) is 46.9 Å². The number of rotatable bonds is 4. The van der Waals surface area contributed by atoms with Gasteiger partial charge in [-0.2, -0.15) is 0 Å². The van der Waals surface area contributed by atoms with E-state index in [1.54, 1.807) is 18.2 Å². The van der Waals surface area contributed by atoms with Crippen molar-refractivity contribution in [3.63, 3.8) is 0 Å². The summed E-state index contributed by atoms with van der Waals surface area (Å²) in [4.78, 5) is 28.2. The Morgan fingerprint density at radius 2 is 1.72 bits per heavy atom. The number of nitrogens with one attached hydrogen (secondary N) is 2. The van der Waals surface area contributed by atoms with Crippen LogP contribution < -0.4 is 10.6 Å². The predicted molar refractivity (Wildman–Crippen MR) is 94.5 cm³/mol. The van der Waals surface area contributed by atoms with Crippen molar-refractivity contribution in [3.05, 3.63) is 65.2 Å². The molecule has 0 aliphatic rings. The maximum absolute atomic E-state index is 12.5. The lowest BCUT2D eigenvalue weighted by atomic mass is 10.1. The van der Waals surface area contributed by atoms with E-state index >= 15 is 0 Å². The third-order valence-corrected chi connectivity index (χ3v) is 4.06. The van der Waals surface area contributed by atoms with Gasteiger partial charge in [-0.1, -0.05) is 24.3 Å². The summed E-state index contributed by atoms with van der Waals surface area (Å²) in [6, 6.07) is 12.2. The first-order valence-electron chi connectivity index (χ1n) is 7.99. The van der Waals surface area contributed by atoms with E-state index in [-0.39, 0.29) is 29.2 Å². The number of fused-ring (bicyclic) bond motifs is 1. The van der Waals surface area contributed by atoms with E-state index in [2.05, 4.69) is 15.6 Å². The Morgan fingerprint density at radius 1 is 1.04 bits per heavy atom. The number of benzene rings is 1. The highest BCUT2D eigenvalue weighted by Crippen LogP contribution is 2.29. The normalized spacial score (nSPS) is 12.0. The number of carbonyl (C=O) groups is 2. The molecule has 25 heavy (non-hydrogen) atoms. The Hall–Kier alpha value is -3.15. The summed E-state index contributed by atoms with van der Waals surface area (Å²) in [6.07, 6.45) is 0. The van der Waals surface area contributed by atoms with Crippen molar-refractivity contribution in [3.8, 4) is 0 Å². The molecule has 0 saturated carbocycles. The van der Waals surface area contributed by atoms with E-state index in [9.17, 15) is 9.59 Å². The van der Waals surface area contributed by atoms with Crippen LogP contribution >= 0.6 is 0 Å². The zero-order valence-corrected chi connectivity index (χ0v) is 14.3. The zero-order chi connectivity index (χ0) is 18.0. The SMILES string of the molecule is CNC(=O)c1cccc(C(=O)N[C@H](C)c2oc3ccccc3c2C)n1. The Bertz CT molecular complexity index is 946. The second-order valence-corrected chi connectivity index (χ2v) is 5.77. The van der Waals surface area contributed by atoms with Crippen LogP contribution in [0.2, 0.25) is 0 Å². The number of amides is 2. The minimum Gasteiger partial charge on any atom is -0.459 e. The molecule has 2 N–H and O–H groups in total. The number of aromatic nitrogens is 1. The van der Waals surface area contributed by atoms with Crippen molar-refractivity contribution in [2.75, 3.05) is 7.05 Å². The predicted octanol–water partition coefficient (Wildman–Crippen LogP) is 2.99. The molecule has 2 heterocycles.